The van der Waals surface area contributed by atoms with Gasteiger partial charge in [0.2, 0.25) is 5.78 Å². The molecule has 0 saturated carbocycles. The number of aromatic nitrogens is 1. The normalized spacial score (nSPS) is 16.0. The number of Topliss-reactive ketones (excluding diaryl/α,β-unsaturated/α-hetero) is 1. The lowest BCUT2D eigenvalue weighted by Gasteiger charge is -2.26. The van der Waals surface area contributed by atoms with Crippen molar-refractivity contribution in [2.24, 2.45) is 0 Å². The maximum Gasteiger partial charge on any atom is 0.290 e. The van der Waals surface area contributed by atoms with Gasteiger partial charge in [-0.2, -0.15) is 0 Å². The first-order valence-electron chi connectivity index (χ1n) is 10.7. The van der Waals surface area contributed by atoms with E-state index in [4.69, 9.17) is 4.74 Å². The topological polar surface area (TPSA) is 82.6 Å². The number of aromatic amines is 1. The Hall–Kier alpha value is -3.91. The summed E-state index contributed by atoms with van der Waals surface area (Å²) >= 11 is 1.24. The van der Waals surface area contributed by atoms with Gasteiger partial charge in [-0.3, -0.25) is 9.59 Å². The van der Waals surface area contributed by atoms with E-state index in [1.807, 2.05) is 24.4 Å². The van der Waals surface area contributed by atoms with Crippen LogP contribution in [0, 0.1) is 5.82 Å². The van der Waals surface area contributed by atoms with Crippen LogP contribution in [0.3, 0.4) is 0 Å². The average Bonchev–Trinajstić information content (AvgIpc) is 3.58. The molecular formula is C26H21FN2O4S. The fraction of sp³-hybridized carbons (Fsp3) is 0.154. The van der Waals surface area contributed by atoms with Crippen LogP contribution in [0.15, 0.2) is 77.5 Å². The Kier molecular flexibility index (Phi) is 5.67. The molecule has 1 aliphatic rings. The van der Waals surface area contributed by atoms with Crippen LogP contribution in [-0.2, 0) is 11.2 Å². The van der Waals surface area contributed by atoms with Crippen LogP contribution in [0.4, 0.5) is 4.39 Å². The molecule has 0 radical (unpaired) electrons. The number of aliphatic hydroxyl groups excluding tert-OH is 1. The third-order valence-electron chi connectivity index (χ3n) is 6.08. The van der Waals surface area contributed by atoms with Crippen LogP contribution in [-0.4, -0.2) is 40.3 Å². The molecule has 172 valence electrons. The number of fused-ring (bicyclic) bond motifs is 1. The van der Waals surface area contributed by atoms with Crippen LogP contribution < -0.4 is 4.74 Å². The van der Waals surface area contributed by atoms with Gasteiger partial charge in [-0.15, -0.1) is 11.3 Å². The van der Waals surface area contributed by atoms with Crippen LogP contribution in [0.2, 0.25) is 0 Å². The van der Waals surface area contributed by atoms with Gasteiger partial charge in [0.1, 0.15) is 11.6 Å². The van der Waals surface area contributed by atoms with Crippen molar-refractivity contribution in [1.29, 1.82) is 0 Å². The Balaban J connectivity index is 1.50. The summed E-state index contributed by atoms with van der Waals surface area (Å²) in [5.74, 6) is -1.29. The molecule has 1 atom stereocenters. The zero-order chi connectivity index (χ0) is 23.8. The van der Waals surface area contributed by atoms with Crippen LogP contribution in [0.25, 0.3) is 10.9 Å². The highest BCUT2D eigenvalue weighted by Crippen LogP contribution is 2.40. The molecule has 8 heteroatoms. The summed E-state index contributed by atoms with van der Waals surface area (Å²) < 4.78 is 19.0. The van der Waals surface area contributed by atoms with E-state index in [-0.39, 0.29) is 12.1 Å². The number of benzene rings is 2. The van der Waals surface area contributed by atoms with Crippen LogP contribution >= 0.6 is 11.3 Å². The number of H-pyrrole nitrogens is 1. The Morgan fingerprint density at radius 2 is 2.00 bits per heavy atom. The number of methoxy groups -OCH3 is 1. The minimum Gasteiger partial charge on any atom is -0.503 e. The fourth-order valence-electron chi connectivity index (χ4n) is 4.38. The molecule has 3 heterocycles. The largest absolute Gasteiger partial charge is 0.503 e. The van der Waals surface area contributed by atoms with Gasteiger partial charge >= 0.3 is 0 Å². The fourth-order valence-corrected chi connectivity index (χ4v) is 5.06. The summed E-state index contributed by atoms with van der Waals surface area (Å²) in [4.78, 5) is 31.5. The minimum atomic E-state index is -0.817. The molecule has 0 saturated heterocycles. The summed E-state index contributed by atoms with van der Waals surface area (Å²) in [6.07, 6.45) is 2.35. The second kappa shape index (κ2) is 8.79. The molecule has 1 amide bonds. The number of carbonyl (C=O) groups is 2. The van der Waals surface area contributed by atoms with E-state index in [1.165, 1.54) is 40.5 Å². The van der Waals surface area contributed by atoms with Crippen molar-refractivity contribution in [2.75, 3.05) is 13.7 Å². The molecular weight excluding hydrogens is 455 g/mol. The Labute approximate surface area is 198 Å². The van der Waals surface area contributed by atoms with Crippen molar-refractivity contribution in [2.45, 2.75) is 12.5 Å². The van der Waals surface area contributed by atoms with Crippen molar-refractivity contribution in [3.63, 3.8) is 0 Å². The van der Waals surface area contributed by atoms with E-state index in [9.17, 15) is 19.1 Å². The molecule has 34 heavy (non-hydrogen) atoms. The Morgan fingerprint density at radius 3 is 2.71 bits per heavy atom. The minimum absolute atomic E-state index is 0.0136. The lowest BCUT2D eigenvalue weighted by molar-refractivity contribution is -0.129. The van der Waals surface area contributed by atoms with Gasteiger partial charge < -0.3 is 19.7 Å². The van der Waals surface area contributed by atoms with Crippen molar-refractivity contribution < 1.29 is 23.8 Å². The highest BCUT2D eigenvalue weighted by Gasteiger charge is 2.43. The first-order valence-corrected chi connectivity index (χ1v) is 11.6. The highest BCUT2D eigenvalue weighted by atomic mass is 32.1. The number of hydrogen-bond acceptors (Lipinski definition) is 5. The van der Waals surface area contributed by atoms with E-state index in [0.29, 0.717) is 16.9 Å². The molecule has 2 aromatic heterocycles. The molecule has 0 fully saturated rings. The van der Waals surface area contributed by atoms with Crippen molar-refractivity contribution >= 4 is 33.9 Å². The van der Waals surface area contributed by atoms with Crippen molar-refractivity contribution in [3.8, 4) is 5.75 Å². The second-order valence-electron chi connectivity index (χ2n) is 8.00. The number of ether oxygens (including phenoxy) is 1. The zero-order valence-corrected chi connectivity index (χ0v) is 19.1. The van der Waals surface area contributed by atoms with Gasteiger partial charge in [0.25, 0.3) is 5.91 Å². The maximum atomic E-state index is 13.6. The molecule has 2 aromatic carbocycles. The number of nitrogens with one attached hydrogen (secondary N) is 1. The smallest absolute Gasteiger partial charge is 0.290 e. The third kappa shape index (κ3) is 3.76. The summed E-state index contributed by atoms with van der Waals surface area (Å²) in [6.45, 7) is 0.246. The molecule has 5 rings (SSSR count). The van der Waals surface area contributed by atoms with Gasteiger partial charge in [0.15, 0.2) is 5.76 Å². The lowest BCUT2D eigenvalue weighted by atomic mass is 9.95. The van der Waals surface area contributed by atoms with Gasteiger partial charge in [0.05, 0.1) is 23.6 Å². The number of thiophene rings is 1. The zero-order valence-electron chi connectivity index (χ0n) is 18.2. The van der Waals surface area contributed by atoms with E-state index < -0.39 is 29.3 Å². The van der Waals surface area contributed by atoms with Crippen LogP contribution in [0.5, 0.6) is 5.75 Å². The molecule has 0 aliphatic carbocycles. The SMILES string of the molecule is COc1ccc2[nH]cc(CCN3C(=O)C(O)=C(C(=O)c4cccs4)[C@H]3c3ccc(F)cc3)c2c1. The van der Waals surface area contributed by atoms with E-state index in [1.54, 1.807) is 24.6 Å². The summed E-state index contributed by atoms with van der Waals surface area (Å²) in [5, 5.41) is 13.5. The van der Waals surface area contributed by atoms with Crippen molar-refractivity contribution in [3.05, 3.63) is 99.3 Å². The Bertz CT molecular complexity index is 1410. The first kappa shape index (κ1) is 21.9. The average molecular weight is 477 g/mol. The third-order valence-corrected chi connectivity index (χ3v) is 6.94. The van der Waals surface area contributed by atoms with E-state index in [0.717, 1.165) is 22.2 Å². The standard InChI is InChI=1S/C26H21FN2O4S/c1-33-18-8-9-20-19(13-18)16(14-28-20)10-11-29-23(15-4-6-17(27)7-5-15)22(25(31)26(29)32)24(30)21-3-2-12-34-21/h2-9,12-14,23,28,31H,10-11H2,1H3/t23-/m1/s1. The molecule has 0 unspecified atom stereocenters. The molecule has 2 N–H and O–H groups in total. The molecule has 1 aliphatic heterocycles. The lowest BCUT2D eigenvalue weighted by Crippen LogP contribution is -2.33. The van der Waals surface area contributed by atoms with Crippen molar-refractivity contribution in [1.82, 2.24) is 9.88 Å². The van der Waals surface area contributed by atoms with Gasteiger partial charge in [-0.05, 0) is 59.3 Å². The number of ketones is 1. The number of hydrogen-bond donors (Lipinski definition) is 2. The van der Waals surface area contributed by atoms with Crippen LogP contribution in [0.1, 0.15) is 26.8 Å². The number of aliphatic hydroxyl groups is 1. The van der Waals surface area contributed by atoms with E-state index in [2.05, 4.69) is 4.98 Å². The van der Waals surface area contributed by atoms with Gasteiger partial charge in [-0.25, -0.2) is 4.39 Å². The molecule has 4 aromatic rings. The molecule has 0 bridgehead atoms. The highest BCUT2D eigenvalue weighted by molar-refractivity contribution is 7.12. The number of halogens is 1. The van der Waals surface area contributed by atoms with Gasteiger partial charge in [0, 0.05) is 23.6 Å². The molecule has 6 nitrogen and oxygen atoms in total. The monoisotopic (exact) mass is 476 g/mol. The summed E-state index contributed by atoms with van der Waals surface area (Å²) in [7, 11) is 1.60. The first-order chi connectivity index (χ1) is 16.5. The second-order valence-corrected chi connectivity index (χ2v) is 8.94. The molecule has 0 spiro atoms. The quantitative estimate of drug-likeness (QED) is 0.359. The summed E-state index contributed by atoms with van der Waals surface area (Å²) in [6, 6.07) is 13.9. The predicted octanol–water partition coefficient (Wildman–Crippen LogP) is 5.20. The summed E-state index contributed by atoms with van der Waals surface area (Å²) in [5.41, 5.74) is 2.48. The van der Waals surface area contributed by atoms with E-state index >= 15 is 0 Å². The number of rotatable bonds is 7. The number of amides is 1. The number of nitrogens with zero attached hydrogens (tertiary/aromatic N) is 1. The maximum absolute atomic E-state index is 13.6. The predicted molar refractivity (Wildman–Crippen MR) is 128 cm³/mol. The number of carbonyl (C=O) groups excluding carboxylic acids is 2. The van der Waals surface area contributed by atoms with Gasteiger partial charge in [-0.1, -0.05) is 18.2 Å². The Morgan fingerprint density at radius 1 is 1.21 bits per heavy atom.